The summed E-state index contributed by atoms with van der Waals surface area (Å²) in [6.07, 6.45) is 0. The zero-order valence-electron chi connectivity index (χ0n) is 26.6. The average molecular weight is 621 g/mol. The third kappa shape index (κ3) is 3.87. The van der Waals surface area contributed by atoms with E-state index in [0.717, 1.165) is 17.1 Å². The van der Waals surface area contributed by atoms with Crippen LogP contribution in [0.3, 0.4) is 0 Å². The van der Waals surface area contributed by atoms with E-state index in [1.807, 2.05) is 0 Å². The van der Waals surface area contributed by atoms with Gasteiger partial charge in [-0.2, -0.15) is 0 Å². The first-order valence-electron chi connectivity index (χ1n) is 16.9. The highest BCUT2D eigenvalue weighted by molar-refractivity contribution is 6.24. The van der Waals surface area contributed by atoms with E-state index in [9.17, 15) is 0 Å². The monoisotopic (exact) mass is 620 g/mol. The first kappa shape index (κ1) is 26.6. The number of hydrogen-bond acceptors (Lipinski definition) is 1. The Morgan fingerprint density at radius 2 is 0.918 bits per heavy atom. The van der Waals surface area contributed by atoms with Crippen molar-refractivity contribution in [1.82, 2.24) is 0 Å². The smallest absolute Gasteiger partial charge is 0.136 e. The van der Waals surface area contributed by atoms with Crippen LogP contribution in [0.5, 0.6) is 11.5 Å². The van der Waals surface area contributed by atoms with Crippen molar-refractivity contribution in [1.29, 1.82) is 0 Å². The fourth-order valence-corrected chi connectivity index (χ4v) is 8.36. The van der Waals surface area contributed by atoms with Crippen molar-refractivity contribution < 1.29 is 4.74 Å². The summed E-state index contributed by atoms with van der Waals surface area (Å²) in [5.74, 6) is 1.83. The van der Waals surface area contributed by atoms with Crippen LogP contribution in [0.2, 0.25) is 0 Å². The van der Waals surface area contributed by atoms with Crippen LogP contribution in [-0.2, 0) is 0 Å². The molecule has 0 radical (unpaired) electrons. The van der Waals surface area contributed by atoms with E-state index in [-0.39, 0.29) is 0 Å². The van der Waals surface area contributed by atoms with Crippen LogP contribution in [0, 0.1) is 0 Å². The molecule has 11 rings (SSSR count). The third-order valence-corrected chi connectivity index (χ3v) is 10.6. The van der Waals surface area contributed by atoms with Gasteiger partial charge in [0.25, 0.3) is 0 Å². The van der Waals surface area contributed by atoms with Gasteiger partial charge in [-0.1, -0.05) is 140 Å². The van der Waals surface area contributed by atoms with E-state index in [0.29, 0.717) is 0 Å². The Kier molecular flexibility index (Phi) is 5.45. The molecule has 0 unspecified atom stereocenters. The van der Waals surface area contributed by atoms with Crippen LogP contribution in [0.1, 0.15) is 0 Å². The molecule has 10 aromatic rings. The second kappa shape index (κ2) is 10.0. The maximum absolute atomic E-state index is 6.59. The zero-order valence-corrected chi connectivity index (χ0v) is 26.6. The van der Waals surface area contributed by atoms with Crippen molar-refractivity contribution >= 4 is 64.6 Å². The van der Waals surface area contributed by atoms with E-state index in [1.165, 1.54) is 92.5 Å². The highest BCUT2D eigenvalue weighted by Gasteiger charge is 2.22. The second-order valence-electron chi connectivity index (χ2n) is 13.2. The summed E-state index contributed by atoms with van der Waals surface area (Å²) in [5, 5.41) is 15.0. The summed E-state index contributed by atoms with van der Waals surface area (Å²) in [6.45, 7) is 0. The number of fused-ring (bicyclic) bond motifs is 9. The molecule has 0 bridgehead atoms. The van der Waals surface area contributed by atoms with Crippen molar-refractivity contribution in [3.05, 3.63) is 170 Å². The predicted octanol–water partition coefficient (Wildman–Crippen LogP) is 13.7. The minimum absolute atomic E-state index is 0.900. The molecule has 0 fully saturated rings. The van der Waals surface area contributed by atoms with Gasteiger partial charge in [-0.05, 0) is 117 Å². The van der Waals surface area contributed by atoms with E-state index >= 15 is 0 Å². The SMILES string of the molecule is c1ccc2c(-c3c4ccccc4cc4ccc5cc(-c6ccc7c(c6)-c6cccc8c6c(cc6ccccc68)O7)ccc5c34)cccc2c1. The molecule has 1 heterocycles. The van der Waals surface area contributed by atoms with Gasteiger partial charge in [0, 0.05) is 10.9 Å². The highest BCUT2D eigenvalue weighted by Crippen LogP contribution is 2.50. The Morgan fingerprint density at radius 1 is 0.286 bits per heavy atom. The lowest BCUT2D eigenvalue weighted by Crippen LogP contribution is -1.98. The van der Waals surface area contributed by atoms with Crippen LogP contribution in [0.25, 0.3) is 98.0 Å². The van der Waals surface area contributed by atoms with Gasteiger partial charge in [-0.3, -0.25) is 0 Å². The molecule has 0 N–H and O–H groups in total. The van der Waals surface area contributed by atoms with Crippen LogP contribution in [0.4, 0.5) is 0 Å². The lowest BCUT2D eigenvalue weighted by Gasteiger charge is -2.23. The lowest BCUT2D eigenvalue weighted by molar-refractivity contribution is 0.488. The standard InChI is InChI=1S/C48H28O/c1-4-13-36-29(9-1)12-7-16-41(36)48-38-15-6-3-10-32(38)26-35-20-19-34-25-30(21-23-39(34)46(35)48)31-22-24-44-43(27-31)42-18-8-17-40-37-14-5-2-11-33(37)28-45(49-44)47(40)42/h1-28H. The van der Waals surface area contributed by atoms with Crippen molar-refractivity contribution in [2.24, 2.45) is 0 Å². The molecule has 0 aromatic heterocycles. The summed E-state index contributed by atoms with van der Waals surface area (Å²) in [4.78, 5) is 0. The molecule has 0 saturated carbocycles. The van der Waals surface area contributed by atoms with Gasteiger partial charge < -0.3 is 4.74 Å². The molecule has 1 aliphatic heterocycles. The summed E-state index contributed by atoms with van der Waals surface area (Å²) >= 11 is 0. The molecular weight excluding hydrogens is 593 g/mol. The first-order valence-corrected chi connectivity index (χ1v) is 16.9. The van der Waals surface area contributed by atoms with Gasteiger partial charge in [0.05, 0.1) is 0 Å². The Hall–Kier alpha value is -6.44. The topological polar surface area (TPSA) is 9.23 Å². The molecule has 0 saturated heterocycles. The van der Waals surface area contributed by atoms with Crippen LogP contribution >= 0.6 is 0 Å². The molecule has 49 heavy (non-hydrogen) atoms. The maximum Gasteiger partial charge on any atom is 0.136 e. The highest BCUT2D eigenvalue weighted by atomic mass is 16.5. The van der Waals surface area contributed by atoms with Crippen molar-refractivity contribution in [2.75, 3.05) is 0 Å². The molecule has 1 aliphatic rings. The molecular formula is C48H28O. The van der Waals surface area contributed by atoms with E-state index in [4.69, 9.17) is 4.74 Å². The molecule has 1 heteroatoms. The molecule has 1 nitrogen and oxygen atoms in total. The van der Waals surface area contributed by atoms with Crippen molar-refractivity contribution in [3.8, 4) is 44.9 Å². The maximum atomic E-state index is 6.59. The van der Waals surface area contributed by atoms with Gasteiger partial charge in [-0.25, -0.2) is 0 Å². The zero-order chi connectivity index (χ0) is 32.1. The average Bonchev–Trinajstić information content (AvgIpc) is 3.16. The van der Waals surface area contributed by atoms with E-state index in [1.54, 1.807) is 0 Å². The third-order valence-electron chi connectivity index (χ3n) is 10.6. The Labute approximate surface area is 283 Å². The molecule has 0 spiro atoms. The van der Waals surface area contributed by atoms with Gasteiger partial charge >= 0.3 is 0 Å². The number of ether oxygens (including phenoxy) is 1. The van der Waals surface area contributed by atoms with Crippen molar-refractivity contribution in [3.63, 3.8) is 0 Å². The first-order chi connectivity index (χ1) is 24.3. The minimum Gasteiger partial charge on any atom is -0.456 e. The van der Waals surface area contributed by atoms with Gasteiger partial charge in [0.15, 0.2) is 0 Å². The van der Waals surface area contributed by atoms with Crippen LogP contribution < -0.4 is 4.74 Å². The van der Waals surface area contributed by atoms with E-state index in [2.05, 4.69) is 170 Å². The fraction of sp³-hybridized carbons (Fsp3) is 0. The second-order valence-corrected chi connectivity index (χ2v) is 13.2. The predicted molar refractivity (Wildman–Crippen MR) is 208 cm³/mol. The van der Waals surface area contributed by atoms with Crippen LogP contribution in [-0.4, -0.2) is 0 Å². The van der Waals surface area contributed by atoms with Gasteiger partial charge in [0.1, 0.15) is 11.5 Å². The normalized spacial score (nSPS) is 12.2. The summed E-state index contributed by atoms with van der Waals surface area (Å²) in [5.41, 5.74) is 7.30. The van der Waals surface area contributed by atoms with Gasteiger partial charge in [-0.15, -0.1) is 0 Å². The lowest BCUT2D eigenvalue weighted by atomic mass is 9.86. The number of hydrogen-bond donors (Lipinski definition) is 0. The minimum atomic E-state index is 0.900. The molecule has 0 aliphatic carbocycles. The van der Waals surface area contributed by atoms with Crippen molar-refractivity contribution in [2.45, 2.75) is 0 Å². The summed E-state index contributed by atoms with van der Waals surface area (Å²) in [6, 6.07) is 62.1. The van der Waals surface area contributed by atoms with Gasteiger partial charge in [0.2, 0.25) is 0 Å². The molecule has 226 valence electrons. The molecule has 0 atom stereocenters. The number of benzene rings is 10. The number of rotatable bonds is 2. The van der Waals surface area contributed by atoms with Crippen LogP contribution in [0.15, 0.2) is 170 Å². The summed E-state index contributed by atoms with van der Waals surface area (Å²) in [7, 11) is 0. The largest absolute Gasteiger partial charge is 0.456 e. The molecule has 10 aromatic carbocycles. The fourth-order valence-electron chi connectivity index (χ4n) is 8.36. The molecule has 0 amide bonds. The Balaban J connectivity index is 1.12. The summed E-state index contributed by atoms with van der Waals surface area (Å²) < 4.78 is 6.59. The quantitative estimate of drug-likeness (QED) is 0.138. The Bertz CT molecular complexity index is 3020. The Morgan fingerprint density at radius 3 is 1.82 bits per heavy atom. The van der Waals surface area contributed by atoms with E-state index < -0.39 is 0 Å².